The van der Waals surface area contributed by atoms with Gasteiger partial charge in [-0.25, -0.2) is 4.79 Å². The first-order valence-corrected chi connectivity index (χ1v) is 6.49. The Kier molecular flexibility index (Phi) is 8.30. The monoisotopic (exact) mass is 302 g/mol. The fourth-order valence-electron chi connectivity index (χ4n) is 1.33. The van der Waals surface area contributed by atoms with Crippen LogP contribution in [-0.4, -0.2) is 49.4 Å². The summed E-state index contributed by atoms with van der Waals surface area (Å²) >= 11 is 0. The van der Waals surface area contributed by atoms with E-state index in [1.165, 1.54) is 13.8 Å². The van der Waals surface area contributed by atoms with Gasteiger partial charge in [0.15, 0.2) is 0 Å². The number of rotatable bonds is 9. The molecule has 0 aliphatic rings. The molecular formula is C14H22O7. The smallest absolute Gasteiger partial charge is 0.335 e. The molecular weight excluding hydrogens is 280 g/mol. The number of hydrogen-bond donors (Lipinski definition) is 1. The lowest BCUT2D eigenvalue weighted by molar-refractivity contribution is -0.158. The van der Waals surface area contributed by atoms with Crippen molar-refractivity contribution in [3.05, 3.63) is 12.2 Å². The van der Waals surface area contributed by atoms with E-state index in [-0.39, 0.29) is 25.4 Å². The van der Waals surface area contributed by atoms with Crippen molar-refractivity contribution in [3.8, 4) is 0 Å². The molecule has 7 nitrogen and oxygen atoms in total. The summed E-state index contributed by atoms with van der Waals surface area (Å²) in [4.78, 5) is 33.4. The van der Waals surface area contributed by atoms with Crippen LogP contribution >= 0.6 is 0 Å². The zero-order chi connectivity index (χ0) is 16.5. The number of carbonyl (C=O) groups is 3. The molecule has 0 saturated heterocycles. The van der Waals surface area contributed by atoms with Gasteiger partial charge in [0.1, 0.15) is 19.8 Å². The van der Waals surface area contributed by atoms with Gasteiger partial charge in [0, 0.05) is 13.8 Å². The molecule has 0 unspecified atom stereocenters. The largest absolute Gasteiger partial charge is 0.465 e. The van der Waals surface area contributed by atoms with Gasteiger partial charge >= 0.3 is 17.9 Å². The lowest BCUT2D eigenvalue weighted by Gasteiger charge is -2.30. The highest BCUT2D eigenvalue weighted by Crippen LogP contribution is 2.24. The molecule has 7 heteroatoms. The minimum atomic E-state index is -0.831. The molecule has 0 radical (unpaired) electrons. The fourth-order valence-corrected chi connectivity index (χ4v) is 1.33. The molecule has 0 bridgehead atoms. The second-order valence-corrected chi connectivity index (χ2v) is 4.75. The van der Waals surface area contributed by atoms with Gasteiger partial charge in [-0.05, 0) is 6.42 Å². The lowest BCUT2D eigenvalue weighted by Crippen LogP contribution is -2.39. The Hall–Kier alpha value is -1.89. The van der Waals surface area contributed by atoms with Gasteiger partial charge in [-0.1, -0.05) is 13.5 Å². The van der Waals surface area contributed by atoms with Gasteiger partial charge in [0.05, 0.1) is 17.6 Å². The second kappa shape index (κ2) is 9.12. The average Bonchev–Trinajstić information content (AvgIpc) is 2.45. The van der Waals surface area contributed by atoms with Crippen molar-refractivity contribution >= 4 is 17.9 Å². The normalized spacial score (nSPS) is 10.7. The maximum atomic E-state index is 11.5. The molecule has 0 aliphatic carbocycles. The Morgan fingerprint density at radius 1 is 1.00 bits per heavy atom. The SMILES string of the molecule is C=C(CO)C(=O)OCC(CC)(COC(C)=O)COC(C)=O. The Morgan fingerprint density at radius 2 is 1.43 bits per heavy atom. The summed E-state index contributed by atoms with van der Waals surface area (Å²) in [6.07, 6.45) is 0.451. The van der Waals surface area contributed by atoms with E-state index < -0.39 is 29.9 Å². The Morgan fingerprint density at radius 3 is 1.76 bits per heavy atom. The van der Waals surface area contributed by atoms with Crippen LogP contribution in [0.15, 0.2) is 12.2 Å². The fraction of sp³-hybridized carbons (Fsp3) is 0.643. The van der Waals surface area contributed by atoms with E-state index in [1.807, 2.05) is 0 Å². The number of esters is 3. The highest BCUT2D eigenvalue weighted by Gasteiger charge is 2.33. The Bertz CT molecular complexity index is 382. The van der Waals surface area contributed by atoms with Crippen LogP contribution in [0.3, 0.4) is 0 Å². The first kappa shape index (κ1) is 19.1. The van der Waals surface area contributed by atoms with Gasteiger partial charge in [-0.3, -0.25) is 9.59 Å². The van der Waals surface area contributed by atoms with E-state index in [4.69, 9.17) is 19.3 Å². The van der Waals surface area contributed by atoms with E-state index in [2.05, 4.69) is 6.58 Å². The van der Waals surface area contributed by atoms with Crippen molar-refractivity contribution in [2.75, 3.05) is 26.4 Å². The molecule has 0 aromatic carbocycles. The summed E-state index contributed by atoms with van der Waals surface area (Å²) in [5.41, 5.74) is -0.914. The summed E-state index contributed by atoms with van der Waals surface area (Å²) in [5, 5.41) is 8.81. The van der Waals surface area contributed by atoms with Crippen molar-refractivity contribution in [2.24, 2.45) is 5.41 Å². The van der Waals surface area contributed by atoms with Gasteiger partial charge in [-0.15, -0.1) is 0 Å². The first-order valence-electron chi connectivity index (χ1n) is 6.49. The molecule has 0 spiro atoms. The highest BCUT2D eigenvalue weighted by atomic mass is 16.6. The number of carbonyl (C=O) groups excluding carboxylic acids is 3. The molecule has 21 heavy (non-hydrogen) atoms. The minimum absolute atomic E-state index is 0.0506. The van der Waals surface area contributed by atoms with Crippen LogP contribution in [0.1, 0.15) is 27.2 Å². The molecule has 0 heterocycles. The predicted octanol–water partition coefficient (Wildman–Crippen LogP) is 0.601. The number of hydrogen-bond acceptors (Lipinski definition) is 7. The molecule has 0 aliphatic heterocycles. The average molecular weight is 302 g/mol. The van der Waals surface area contributed by atoms with E-state index in [0.717, 1.165) is 0 Å². The number of ether oxygens (including phenoxy) is 3. The maximum absolute atomic E-state index is 11.5. The van der Waals surface area contributed by atoms with Gasteiger partial charge < -0.3 is 19.3 Å². The van der Waals surface area contributed by atoms with E-state index in [1.54, 1.807) is 6.92 Å². The summed E-state index contributed by atoms with van der Waals surface area (Å²) in [6.45, 7) is 6.93. The van der Waals surface area contributed by atoms with Crippen molar-refractivity contribution in [1.29, 1.82) is 0 Å². The van der Waals surface area contributed by atoms with Crippen molar-refractivity contribution < 1.29 is 33.7 Å². The molecule has 1 N–H and O–H groups in total. The maximum Gasteiger partial charge on any atom is 0.335 e. The van der Waals surface area contributed by atoms with Gasteiger partial charge in [-0.2, -0.15) is 0 Å². The topological polar surface area (TPSA) is 99.1 Å². The second-order valence-electron chi connectivity index (χ2n) is 4.75. The van der Waals surface area contributed by atoms with Crippen molar-refractivity contribution in [3.63, 3.8) is 0 Å². The molecule has 0 fully saturated rings. The van der Waals surface area contributed by atoms with Crippen LogP contribution in [0.25, 0.3) is 0 Å². The third-order valence-electron chi connectivity index (χ3n) is 2.90. The lowest BCUT2D eigenvalue weighted by atomic mass is 9.88. The summed E-state index contributed by atoms with van der Waals surface area (Å²) < 4.78 is 14.9. The van der Waals surface area contributed by atoms with Crippen LogP contribution in [0, 0.1) is 5.41 Å². The van der Waals surface area contributed by atoms with Crippen LogP contribution in [0.2, 0.25) is 0 Å². The van der Waals surface area contributed by atoms with E-state index in [9.17, 15) is 14.4 Å². The van der Waals surface area contributed by atoms with Crippen LogP contribution < -0.4 is 0 Å². The number of aliphatic hydroxyl groups is 1. The molecule has 0 atom stereocenters. The van der Waals surface area contributed by atoms with E-state index in [0.29, 0.717) is 6.42 Å². The predicted molar refractivity (Wildman–Crippen MR) is 73.2 cm³/mol. The minimum Gasteiger partial charge on any atom is -0.465 e. The van der Waals surface area contributed by atoms with Crippen LogP contribution in [0.5, 0.6) is 0 Å². The molecule has 0 saturated carbocycles. The summed E-state index contributed by atoms with van der Waals surface area (Å²) in [7, 11) is 0. The van der Waals surface area contributed by atoms with Gasteiger partial charge in [0.25, 0.3) is 0 Å². The zero-order valence-electron chi connectivity index (χ0n) is 12.6. The molecule has 0 amide bonds. The summed E-state index contributed by atoms with van der Waals surface area (Å²) in [6, 6.07) is 0. The van der Waals surface area contributed by atoms with Crippen molar-refractivity contribution in [2.45, 2.75) is 27.2 Å². The van der Waals surface area contributed by atoms with Gasteiger partial charge in [0.2, 0.25) is 0 Å². The highest BCUT2D eigenvalue weighted by molar-refractivity contribution is 5.87. The summed E-state index contributed by atoms with van der Waals surface area (Å²) in [5.74, 6) is -1.72. The first-order chi connectivity index (χ1) is 9.76. The van der Waals surface area contributed by atoms with Crippen LogP contribution in [-0.2, 0) is 28.6 Å². The van der Waals surface area contributed by atoms with Crippen LogP contribution in [0.4, 0.5) is 0 Å². The number of aliphatic hydroxyl groups excluding tert-OH is 1. The molecule has 0 aromatic heterocycles. The van der Waals surface area contributed by atoms with E-state index >= 15 is 0 Å². The zero-order valence-corrected chi connectivity index (χ0v) is 12.6. The molecule has 0 aromatic rings. The molecule has 120 valence electrons. The Labute approximate surface area is 123 Å². The Balaban J connectivity index is 4.81. The van der Waals surface area contributed by atoms with Crippen molar-refractivity contribution in [1.82, 2.24) is 0 Å². The molecule has 0 rings (SSSR count). The quantitative estimate of drug-likeness (QED) is 0.378. The third-order valence-corrected chi connectivity index (χ3v) is 2.90. The standard InChI is InChI=1S/C14H22O7/c1-5-14(7-19-11(3)16,8-20-12(4)17)9-21-13(18)10(2)6-15/h15H,2,5-9H2,1,3-4H3. The third kappa shape index (κ3) is 7.45.